The molecular formula is C11H12F4N2S. The normalized spacial score (nSPS) is 11.4. The highest BCUT2D eigenvalue weighted by Crippen LogP contribution is 2.25. The van der Waals surface area contributed by atoms with Crippen LogP contribution >= 0.6 is 12.2 Å². The van der Waals surface area contributed by atoms with Gasteiger partial charge in [-0.2, -0.15) is 13.2 Å². The van der Waals surface area contributed by atoms with Crippen molar-refractivity contribution in [3.05, 3.63) is 29.6 Å². The number of thiocarbonyl (C=S) groups is 1. The number of rotatable bonds is 4. The summed E-state index contributed by atoms with van der Waals surface area (Å²) in [6.07, 6.45) is -5.25. The molecule has 0 bridgehead atoms. The van der Waals surface area contributed by atoms with Crippen molar-refractivity contribution < 1.29 is 17.6 Å². The van der Waals surface area contributed by atoms with Gasteiger partial charge in [-0.3, -0.25) is 0 Å². The Bertz CT molecular complexity index is 445. The summed E-state index contributed by atoms with van der Waals surface area (Å²) in [6, 6.07) is 4.04. The van der Waals surface area contributed by atoms with E-state index in [9.17, 15) is 17.6 Å². The molecule has 0 aliphatic rings. The van der Waals surface area contributed by atoms with Crippen LogP contribution in [-0.2, 0) is 0 Å². The lowest BCUT2D eigenvalue weighted by molar-refractivity contribution is -0.132. The predicted molar refractivity (Wildman–Crippen MR) is 66.2 cm³/mol. The van der Waals surface area contributed by atoms with E-state index in [2.05, 4.69) is 0 Å². The summed E-state index contributed by atoms with van der Waals surface area (Å²) in [7, 11) is 1.43. The van der Waals surface area contributed by atoms with Gasteiger partial charge in [0.15, 0.2) is 0 Å². The maximum Gasteiger partial charge on any atom is 0.390 e. The van der Waals surface area contributed by atoms with Crippen molar-refractivity contribution in [1.29, 1.82) is 0 Å². The third-order valence-electron chi connectivity index (χ3n) is 2.38. The lowest BCUT2D eigenvalue weighted by Crippen LogP contribution is -2.27. The van der Waals surface area contributed by atoms with E-state index in [0.717, 1.165) is 6.07 Å². The Kier molecular flexibility index (Phi) is 4.50. The summed E-state index contributed by atoms with van der Waals surface area (Å²) in [5, 5.41) is 0. The summed E-state index contributed by atoms with van der Waals surface area (Å²) in [5.41, 5.74) is 5.60. The Morgan fingerprint density at radius 1 is 1.39 bits per heavy atom. The molecule has 1 rings (SSSR count). The summed E-state index contributed by atoms with van der Waals surface area (Å²) >= 11 is 4.70. The standard InChI is InChI=1S/C11H12F4N2S/c1-17(6-5-11(13,14)15)8-4-2-3-7(12)9(8)10(16)18/h2-4H,5-6H2,1H3,(H2,16,18). The molecule has 1 aromatic rings. The molecule has 0 spiro atoms. The molecule has 7 heteroatoms. The van der Waals surface area contributed by atoms with Crippen LogP contribution in [0.4, 0.5) is 23.2 Å². The van der Waals surface area contributed by atoms with Crippen molar-refractivity contribution in [1.82, 2.24) is 0 Å². The zero-order valence-corrected chi connectivity index (χ0v) is 10.4. The van der Waals surface area contributed by atoms with Crippen LogP contribution in [0.1, 0.15) is 12.0 Å². The molecule has 0 saturated carbocycles. The Labute approximate surface area is 107 Å². The SMILES string of the molecule is CN(CCC(F)(F)F)c1cccc(F)c1C(N)=S. The topological polar surface area (TPSA) is 29.3 Å². The summed E-state index contributed by atoms with van der Waals surface area (Å²) in [4.78, 5) is 1.10. The van der Waals surface area contributed by atoms with Gasteiger partial charge in [-0.05, 0) is 12.1 Å². The highest BCUT2D eigenvalue weighted by molar-refractivity contribution is 7.80. The monoisotopic (exact) mass is 280 g/mol. The van der Waals surface area contributed by atoms with Gasteiger partial charge in [-0.25, -0.2) is 4.39 Å². The molecule has 2 N–H and O–H groups in total. The molecule has 0 aromatic heterocycles. The smallest absolute Gasteiger partial charge is 0.389 e. The Balaban J connectivity index is 2.95. The third-order valence-corrected chi connectivity index (χ3v) is 2.58. The van der Waals surface area contributed by atoms with Crippen LogP contribution in [0.25, 0.3) is 0 Å². The maximum absolute atomic E-state index is 13.5. The van der Waals surface area contributed by atoms with Crippen molar-refractivity contribution in [2.75, 3.05) is 18.5 Å². The molecule has 0 saturated heterocycles. The molecule has 0 unspecified atom stereocenters. The average molecular weight is 280 g/mol. The first-order chi connectivity index (χ1) is 8.22. The van der Waals surface area contributed by atoms with Gasteiger partial charge in [0.2, 0.25) is 0 Å². The second-order valence-corrected chi connectivity index (χ2v) is 4.22. The average Bonchev–Trinajstić information content (AvgIpc) is 2.24. The number of halogens is 4. The number of anilines is 1. The highest BCUT2D eigenvalue weighted by atomic mass is 32.1. The molecule has 0 amide bonds. The molecule has 0 heterocycles. The van der Waals surface area contributed by atoms with Gasteiger partial charge in [0.25, 0.3) is 0 Å². The molecule has 2 nitrogen and oxygen atoms in total. The van der Waals surface area contributed by atoms with E-state index in [0.29, 0.717) is 0 Å². The zero-order chi connectivity index (χ0) is 13.9. The van der Waals surface area contributed by atoms with Crippen molar-refractivity contribution in [3.63, 3.8) is 0 Å². The van der Waals surface area contributed by atoms with Crippen LogP contribution in [-0.4, -0.2) is 24.8 Å². The number of nitrogens with zero attached hydrogens (tertiary/aromatic N) is 1. The molecule has 0 aliphatic heterocycles. The van der Waals surface area contributed by atoms with Crippen LogP contribution in [0.15, 0.2) is 18.2 Å². The van der Waals surface area contributed by atoms with E-state index in [1.54, 1.807) is 0 Å². The fourth-order valence-electron chi connectivity index (χ4n) is 1.49. The van der Waals surface area contributed by atoms with Gasteiger partial charge in [0.05, 0.1) is 12.0 Å². The fourth-order valence-corrected chi connectivity index (χ4v) is 1.69. The number of nitrogens with two attached hydrogens (primary N) is 1. The quantitative estimate of drug-likeness (QED) is 0.679. The highest BCUT2D eigenvalue weighted by Gasteiger charge is 2.27. The zero-order valence-electron chi connectivity index (χ0n) is 9.59. The van der Waals surface area contributed by atoms with E-state index in [1.807, 2.05) is 0 Å². The van der Waals surface area contributed by atoms with Crippen molar-refractivity contribution in [2.24, 2.45) is 5.73 Å². The van der Waals surface area contributed by atoms with Crippen molar-refractivity contribution in [2.45, 2.75) is 12.6 Å². The molecule has 18 heavy (non-hydrogen) atoms. The van der Waals surface area contributed by atoms with E-state index in [1.165, 1.54) is 24.1 Å². The number of hydrogen-bond acceptors (Lipinski definition) is 2. The van der Waals surface area contributed by atoms with E-state index >= 15 is 0 Å². The summed E-state index contributed by atoms with van der Waals surface area (Å²) in [6.45, 7) is -0.289. The Hall–Kier alpha value is -1.37. The number of alkyl halides is 3. The molecular weight excluding hydrogens is 268 g/mol. The van der Waals surface area contributed by atoms with Gasteiger partial charge in [-0.1, -0.05) is 18.3 Å². The van der Waals surface area contributed by atoms with Gasteiger partial charge in [0, 0.05) is 19.3 Å². The number of hydrogen-bond donors (Lipinski definition) is 1. The molecule has 0 atom stereocenters. The minimum absolute atomic E-state index is 0.0304. The van der Waals surface area contributed by atoms with Crippen LogP contribution in [0.5, 0.6) is 0 Å². The first-order valence-corrected chi connectivity index (χ1v) is 5.49. The summed E-state index contributed by atoms with van der Waals surface area (Å²) in [5.74, 6) is -0.640. The molecule has 0 radical (unpaired) electrons. The predicted octanol–water partition coefficient (Wildman–Crippen LogP) is 2.85. The van der Waals surface area contributed by atoms with Crippen LogP contribution in [0.3, 0.4) is 0 Å². The van der Waals surface area contributed by atoms with Gasteiger partial charge in [-0.15, -0.1) is 0 Å². The first kappa shape index (κ1) is 14.7. The minimum atomic E-state index is -4.26. The maximum atomic E-state index is 13.5. The Morgan fingerprint density at radius 3 is 2.50 bits per heavy atom. The van der Waals surface area contributed by atoms with E-state index in [4.69, 9.17) is 18.0 Å². The first-order valence-electron chi connectivity index (χ1n) is 5.08. The largest absolute Gasteiger partial charge is 0.390 e. The lowest BCUT2D eigenvalue weighted by Gasteiger charge is -2.23. The second-order valence-electron chi connectivity index (χ2n) is 3.78. The van der Waals surface area contributed by atoms with Crippen LogP contribution in [0, 0.1) is 5.82 Å². The number of benzene rings is 1. The van der Waals surface area contributed by atoms with Crippen LogP contribution < -0.4 is 10.6 Å². The molecule has 0 fully saturated rings. The second kappa shape index (κ2) is 5.51. The minimum Gasteiger partial charge on any atom is -0.389 e. The Morgan fingerprint density at radius 2 is 2.00 bits per heavy atom. The van der Waals surface area contributed by atoms with Crippen LogP contribution in [0.2, 0.25) is 0 Å². The van der Waals surface area contributed by atoms with Crippen molar-refractivity contribution in [3.8, 4) is 0 Å². The summed E-state index contributed by atoms with van der Waals surface area (Å²) < 4.78 is 49.9. The fraction of sp³-hybridized carbons (Fsp3) is 0.364. The van der Waals surface area contributed by atoms with Gasteiger partial charge in [0.1, 0.15) is 10.8 Å². The molecule has 0 aliphatic carbocycles. The molecule has 100 valence electrons. The van der Waals surface area contributed by atoms with E-state index < -0.39 is 18.4 Å². The van der Waals surface area contributed by atoms with Crippen molar-refractivity contribution >= 4 is 22.9 Å². The lowest BCUT2D eigenvalue weighted by atomic mass is 10.1. The van der Waals surface area contributed by atoms with Gasteiger partial charge >= 0.3 is 6.18 Å². The van der Waals surface area contributed by atoms with E-state index in [-0.39, 0.29) is 22.8 Å². The van der Waals surface area contributed by atoms with Gasteiger partial charge < -0.3 is 10.6 Å². The third kappa shape index (κ3) is 3.83. The molecule has 1 aromatic carbocycles.